The average molecular weight is 187 g/mol. The van der Waals surface area contributed by atoms with Gasteiger partial charge in [0.25, 0.3) is 0 Å². The highest BCUT2D eigenvalue weighted by atomic mass is 32.2. The summed E-state index contributed by atoms with van der Waals surface area (Å²) in [5.41, 5.74) is 0. The molecule has 0 aromatic carbocycles. The summed E-state index contributed by atoms with van der Waals surface area (Å²) in [6.07, 6.45) is 9.21. The molecule has 1 atom stereocenters. The van der Waals surface area contributed by atoms with Crippen LogP contribution in [0.1, 0.15) is 39.0 Å². The number of hydrogen-bond donors (Lipinski definition) is 1. The molecule has 0 saturated heterocycles. The molecule has 1 nitrogen and oxygen atoms in total. The second-order valence-electron chi connectivity index (χ2n) is 3.77. The lowest BCUT2D eigenvalue weighted by Crippen LogP contribution is -2.28. The third-order valence-electron chi connectivity index (χ3n) is 2.74. The zero-order valence-corrected chi connectivity index (χ0v) is 9.12. The van der Waals surface area contributed by atoms with Crippen LogP contribution in [-0.2, 0) is 0 Å². The van der Waals surface area contributed by atoms with Crippen LogP contribution in [0, 0.1) is 0 Å². The van der Waals surface area contributed by atoms with Crippen LogP contribution in [0.4, 0.5) is 0 Å². The Balaban J connectivity index is 1.94. The summed E-state index contributed by atoms with van der Waals surface area (Å²) < 4.78 is 0. The van der Waals surface area contributed by atoms with Crippen molar-refractivity contribution in [3.8, 4) is 0 Å². The van der Waals surface area contributed by atoms with Gasteiger partial charge in [-0.25, -0.2) is 0 Å². The van der Waals surface area contributed by atoms with Crippen molar-refractivity contribution >= 4 is 11.8 Å². The maximum atomic E-state index is 3.63. The molecule has 0 radical (unpaired) electrons. The van der Waals surface area contributed by atoms with Gasteiger partial charge in [0.05, 0.1) is 0 Å². The SMILES string of the molecule is CSC(C)CCNC1CCCC1. The van der Waals surface area contributed by atoms with Crippen molar-refractivity contribution < 1.29 is 0 Å². The van der Waals surface area contributed by atoms with Crippen molar-refractivity contribution in [1.82, 2.24) is 5.32 Å². The second kappa shape index (κ2) is 5.87. The zero-order chi connectivity index (χ0) is 8.81. The van der Waals surface area contributed by atoms with Crippen molar-refractivity contribution in [1.29, 1.82) is 0 Å². The van der Waals surface area contributed by atoms with Gasteiger partial charge in [-0.05, 0) is 32.1 Å². The largest absolute Gasteiger partial charge is 0.314 e. The van der Waals surface area contributed by atoms with Crippen molar-refractivity contribution in [2.75, 3.05) is 12.8 Å². The fourth-order valence-electron chi connectivity index (χ4n) is 1.74. The molecule has 1 fully saturated rings. The molecule has 0 spiro atoms. The van der Waals surface area contributed by atoms with E-state index >= 15 is 0 Å². The molecule has 0 bridgehead atoms. The summed E-state index contributed by atoms with van der Waals surface area (Å²) in [6, 6.07) is 0.846. The quantitative estimate of drug-likeness (QED) is 0.710. The van der Waals surface area contributed by atoms with Gasteiger partial charge >= 0.3 is 0 Å². The molecular weight excluding hydrogens is 166 g/mol. The molecule has 1 saturated carbocycles. The average Bonchev–Trinajstić information content (AvgIpc) is 2.57. The van der Waals surface area contributed by atoms with Gasteiger partial charge < -0.3 is 5.32 Å². The van der Waals surface area contributed by atoms with Gasteiger partial charge in [-0.15, -0.1) is 0 Å². The van der Waals surface area contributed by atoms with Crippen molar-refractivity contribution in [2.24, 2.45) is 0 Å². The first-order valence-corrected chi connectivity index (χ1v) is 6.38. The van der Waals surface area contributed by atoms with Crippen LogP contribution in [0.25, 0.3) is 0 Å². The highest BCUT2D eigenvalue weighted by molar-refractivity contribution is 7.99. The van der Waals surface area contributed by atoms with Gasteiger partial charge in [-0.1, -0.05) is 19.8 Å². The summed E-state index contributed by atoms with van der Waals surface area (Å²) in [7, 11) is 0. The normalized spacial score (nSPS) is 21.5. The van der Waals surface area contributed by atoms with Crippen LogP contribution < -0.4 is 5.32 Å². The number of rotatable bonds is 5. The highest BCUT2D eigenvalue weighted by Gasteiger charge is 2.13. The molecule has 72 valence electrons. The summed E-state index contributed by atoms with van der Waals surface area (Å²) in [6.45, 7) is 3.52. The predicted molar refractivity (Wildman–Crippen MR) is 57.9 cm³/mol. The van der Waals surface area contributed by atoms with E-state index in [1.807, 2.05) is 11.8 Å². The molecule has 1 aliphatic rings. The Bertz CT molecular complexity index is 110. The van der Waals surface area contributed by atoms with Crippen LogP contribution >= 0.6 is 11.8 Å². The monoisotopic (exact) mass is 187 g/mol. The third kappa shape index (κ3) is 3.81. The topological polar surface area (TPSA) is 12.0 Å². The van der Waals surface area contributed by atoms with Crippen molar-refractivity contribution in [3.05, 3.63) is 0 Å². The first-order chi connectivity index (χ1) is 5.83. The molecule has 0 aliphatic heterocycles. The highest BCUT2D eigenvalue weighted by Crippen LogP contribution is 2.17. The molecule has 0 aromatic heterocycles. The lowest BCUT2D eigenvalue weighted by molar-refractivity contribution is 0.515. The van der Waals surface area contributed by atoms with E-state index in [2.05, 4.69) is 18.5 Å². The van der Waals surface area contributed by atoms with E-state index in [1.54, 1.807) is 0 Å². The Labute approximate surface area is 80.7 Å². The molecule has 0 heterocycles. The van der Waals surface area contributed by atoms with E-state index < -0.39 is 0 Å². The zero-order valence-electron chi connectivity index (χ0n) is 8.31. The number of thioether (sulfide) groups is 1. The fourth-order valence-corrected chi connectivity index (χ4v) is 2.09. The third-order valence-corrected chi connectivity index (χ3v) is 3.78. The summed E-state index contributed by atoms with van der Waals surface area (Å²) >= 11 is 1.97. The smallest absolute Gasteiger partial charge is 0.00670 e. The van der Waals surface area contributed by atoms with Crippen molar-refractivity contribution in [3.63, 3.8) is 0 Å². The summed E-state index contributed by atoms with van der Waals surface area (Å²) in [5.74, 6) is 0. The minimum Gasteiger partial charge on any atom is -0.314 e. The van der Waals surface area contributed by atoms with E-state index in [-0.39, 0.29) is 0 Å². The van der Waals surface area contributed by atoms with Crippen LogP contribution in [0.3, 0.4) is 0 Å². The Morgan fingerprint density at radius 2 is 2.08 bits per heavy atom. The molecule has 1 aliphatic carbocycles. The first-order valence-electron chi connectivity index (χ1n) is 5.09. The maximum absolute atomic E-state index is 3.63. The molecule has 2 heteroatoms. The van der Waals surface area contributed by atoms with Gasteiger partial charge in [0.2, 0.25) is 0 Å². The van der Waals surface area contributed by atoms with Gasteiger partial charge in [0.15, 0.2) is 0 Å². The van der Waals surface area contributed by atoms with Crippen molar-refractivity contribution in [2.45, 2.75) is 50.3 Å². The van der Waals surface area contributed by atoms with E-state index in [1.165, 1.54) is 38.6 Å². The molecule has 1 N–H and O–H groups in total. The van der Waals surface area contributed by atoms with Gasteiger partial charge in [0.1, 0.15) is 0 Å². The van der Waals surface area contributed by atoms with Crippen LogP contribution in [-0.4, -0.2) is 24.1 Å². The number of nitrogens with one attached hydrogen (secondary N) is 1. The van der Waals surface area contributed by atoms with Gasteiger partial charge in [-0.2, -0.15) is 11.8 Å². The van der Waals surface area contributed by atoms with Crippen LogP contribution in [0.15, 0.2) is 0 Å². The maximum Gasteiger partial charge on any atom is 0.00670 e. The second-order valence-corrected chi connectivity index (χ2v) is 5.05. The Hall–Kier alpha value is 0.310. The van der Waals surface area contributed by atoms with Crippen LogP contribution in [0.2, 0.25) is 0 Å². The fraction of sp³-hybridized carbons (Fsp3) is 1.00. The van der Waals surface area contributed by atoms with E-state index in [4.69, 9.17) is 0 Å². The molecule has 0 amide bonds. The van der Waals surface area contributed by atoms with E-state index in [0.29, 0.717) is 0 Å². The van der Waals surface area contributed by atoms with E-state index in [9.17, 15) is 0 Å². The molecule has 1 unspecified atom stereocenters. The lowest BCUT2D eigenvalue weighted by Gasteiger charge is -2.13. The van der Waals surface area contributed by atoms with Gasteiger partial charge in [0, 0.05) is 11.3 Å². The molecule has 0 aromatic rings. The Kier molecular flexibility index (Phi) is 5.08. The van der Waals surface area contributed by atoms with Crippen LogP contribution in [0.5, 0.6) is 0 Å². The number of hydrogen-bond acceptors (Lipinski definition) is 2. The summed E-state index contributed by atoms with van der Waals surface area (Å²) in [5, 5.41) is 4.45. The standard InChI is InChI=1S/C10H21NS/c1-9(12-2)7-8-11-10-5-3-4-6-10/h9-11H,3-8H2,1-2H3. The predicted octanol–water partition coefficient (Wildman–Crippen LogP) is 2.66. The minimum absolute atomic E-state index is 0.818. The Morgan fingerprint density at radius 1 is 1.42 bits per heavy atom. The molecule has 1 rings (SSSR count). The Morgan fingerprint density at radius 3 is 2.67 bits per heavy atom. The van der Waals surface area contributed by atoms with E-state index in [0.717, 1.165) is 11.3 Å². The first kappa shape index (κ1) is 10.4. The lowest BCUT2D eigenvalue weighted by atomic mass is 10.2. The van der Waals surface area contributed by atoms with Gasteiger partial charge in [-0.3, -0.25) is 0 Å². The minimum atomic E-state index is 0.818. The summed E-state index contributed by atoms with van der Waals surface area (Å²) in [4.78, 5) is 0. The molecular formula is C10H21NS. The molecule has 12 heavy (non-hydrogen) atoms.